The number of esters is 1. The smallest absolute Gasteiger partial charge is 0.414 e. The third-order valence-electron chi connectivity index (χ3n) is 5.49. The Morgan fingerprint density at radius 2 is 1.39 bits per heavy atom. The van der Waals surface area contributed by atoms with Gasteiger partial charge in [-0.15, -0.1) is 0 Å². The number of guanidine groups is 1. The number of hydrogen-bond acceptors (Lipinski definition) is 7. The SMILES string of the molecule is CC(=Cc1ccc(OC(=O)c2ccc(N=C(NC(=O)OC(C)(C)C)NC(=O)OC(C)(C)C)cc2)cc1Cl)Cc1ccccc1. The van der Waals surface area contributed by atoms with Crippen LogP contribution >= 0.6 is 11.6 Å². The van der Waals surface area contributed by atoms with Crippen LogP contribution < -0.4 is 15.4 Å². The number of halogens is 1. The normalized spacial score (nSPS) is 11.7. The fourth-order valence-electron chi connectivity index (χ4n) is 3.78. The van der Waals surface area contributed by atoms with Crippen molar-refractivity contribution in [1.82, 2.24) is 10.6 Å². The number of aliphatic imine (C=N–C) groups is 1. The summed E-state index contributed by atoms with van der Waals surface area (Å²) in [5, 5.41) is 5.28. The molecule has 0 aliphatic carbocycles. The topological polar surface area (TPSA) is 115 Å². The molecule has 3 rings (SSSR count). The summed E-state index contributed by atoms with van der Waals surface area (Å²) in [5.41, 5.74) is 2.19. The van der Waals surface area contributed by atoms with Gasteiger partial charge in [-0.1, -0.05) is 53.6 Å². The number of nitrogens with zero attached hydrogens (tertiary/aromatic N) is 1. The van der Waals surface area contributed by atoms with Crippen LogP contribution in [-0.2, 0) is 15.9 Å². The Balaban J connectivity index is 1.70. The van der Waals surface area contributed by atoms with Crippen molar-refractivity contribution in [2.45, 2.75) is 66.1 Å². The molecule has 0 saturated heterocycles. The van der Waals surface area contributed by atoms with Crippen molar-refractivity contribution in [1.29, 1.82) is 0 Å². The van der Waals surface area contributed by atoms with E-state index in [0.717, 1.165) is 17.6 Å². The van der Waals surface area contributed by atoms with Crippen molar-refractivity contribution in [2.24, 2.45) is 4.99 Å². The van der Waals surface area contributed by atoms with Gasteiger partial charge in [0.25, 0.3) is 0 Å². The van der Waals surface area contributed by atoms with Crippen molar-refractivity contribution in [3.63, 3.8) is 0 Å². The predicted octanol–water partition coefficient (Wildman–Crippen LogP) is 8.24. The quantitative estimate of drug-likeness (QED) is 0.124. The average Bonchev–Trinajstić information content (AvgIpc) is 2.89. The summed E-state index contributed by atoms with van der Waals surface area (Å²) < 4.78 is 16.0. The number of amides is 2. The minimum Gasteiger partial charge on any atom is -0.444 e. The zero-order chi connectivity index (χ0) is 32.5. The van der Waals surface area contributed by atoms with E-state index in [1.54, 1.807) is 59.7 Å². The predicted molar refractivity (Wildman–Crippen MR) is 172 cm³/mol. The van der Waals surface area contributed by atoms with Crippen LogP contribution in [0.4, 0.5) is 15.3 Å². The molecule has 0 saturated carbocycles. The highest BCUT2D eigenvalue weighted by Crippen LogP contribution is 2.26. The first-order chi connectivity index (χ1) is 20.6. The van der Waals surface area contributed by atoms with E-state index in [1.165, 1.54) is 29.8 Å². The summed E-state index contributed by atoms with van der Waals surface area (Å²) in [4.78, 5) is 41.8. The van der Waals surface area contributed by atoms with Gasteiger partial charge >= 0.3 is 18.2 Å². The Bertz CT molecular complexity index is 1500. The van der Waals surface area contributed by atoms with E-state index in [-0.39, 0.29) is 11.5 Å². The third-order valence-corrected chi connectivity index (χ3v) is 5.82. The molecule has 3 aromatic rings. The molecule has 0 aliphatic rings. The molecule has 0 heterocycles. The molecule has 9 nitrogen and oxygen atoms in total. The molecular weight excluding hydrogens is 582 g/mol. The van der Waals surface area contributed by atoms with Crippen molar-refractivity contribution in [3.05, 3.63) is 100 Å². The van der Waals surface area contributed by atoms with E-state index in [9.17, 15) is 14.4 Å². The zero-order valence-electron chi connectivity index (χ0n) is 26.0. The summed E-state index contributed by atoms with van der Waals surface area (Å²) in [6, 6.07) is 21.3. The monoisotopic (exact) mass is 619 g/mol. The molecule has 2 amide bonds. The van der Waals surface area contributed by atoms with Gasteiger partial charge in [0.2, 0.25) is 5.96 Å². The number of alkyl carbamates (subject to hydrolysis) is 2. The van der Waals surface area contributed by atoms with Gasteiger partial charge in [-0.05, 0) is 102 Å². The number of allylic oxidation sites excluding steroid dienone is 1. The number of nitrogens with one attached hydrogen (secondary N) is 2. The molecule has 10 heteroatoms. The molecule has 0 spiro atoms. The number of hydrogen-bond donors (Lipinski definition) is 2. The van der Waals surface area contributed by atoms with E-state index < -0.39 is 29.4 Å². The lowest BCUT2D eigenvalue weighted by atomic mass is 10.0. The maximum absolute atomic E-state index is 12.8. The first kappa shape index (κ1) is 33.9. The first-order valence-corrected chi connectivity index (χ1v) is 14.4. The largest absolute Gasteiger partial charge is 0.444 e. The molecule has 0 unspecified atom stereocenters. The highest BCUT2D eigenvalue weighted by molar-refractivity contribution is 6.32. The second-order valence-corrected chi connectivity index (χ2v) is 12.4. The Labute approximate surface area is 263 Å². The number of carbonyl (C=O) groups excluding carboxylic acids is 3. The molecule has 0 aliphatic heterocycles. The summed E-state index contributed by atoms with van der Waals surface area (Å²) in [6.07, 6.45) is 1.16. The van der Waals surface area contributed by atoms with Crippen molar-refractivity contribution < 1.29 is 28.6 Å². The van der Waals surface area contributed by atoms with E-state index >= 15 is 0 Å². The van der Waals surface area contributed by atoms with Crippen molar-refractivity contribution in [2.75, 3.05) is 0 Å². The Hall–Kier alpha value is -4.63. The maximum Gasteiger partial charge on any atom is 0.414 e. The molecule has 0 bridgehead atoms. The minimum absolute atomic E-state index is 0.216. The lowest BCUT2D eigenvalue weighted by Crippen LogP contribution is -2.47. The van der Waals surface area contributed by atoms with Crippen molar-refractivity contribution >= 4 is 47.5 Å². The van der Waals surface area contributed by atoms with Crippen LogP contribution in [0, 0.1) is 0 Å². The number of benzene rings is 3. The van der Waals surface area contributed by atoms with Gasteiger partial charge in [0.15, 0.2) is 0 Å². The van der Waals surface area contributed by atoms with Crippen LogP contribution in [0.1, 0.15) is 70.0 Å². The summed E-state index contributed by atoms with van der Waals surface area (Å²) in [5.74, 6) is -0.517. The van der Waals surface area contributed by atoms with E-state index in [1.807, 2.05) is 31.2 Å². The molecule has 2 N–H and O–H groups in total. The number of ether oxygens (including phenoxy) is 3. The number of rotatable bonds is 6. The van der Waals surface area contributed by atoms with Crippen LogP contribution in [0.2, 0.25) is 5.02 Å². The molecular formula is C34H38ClN3O6. The summed E-state index contributed by atoms with van der Waals surface area (Å²) >= 11 is 6.49. The number of carbonyl (C=O) groups is 3. The summed E-state index contributed by atoms with van der Waals surface area (Å²) in [6.45, 7) is 12.3. The Kier molecular flexibility index (Phi) is 11.3. The van der Waals surface area contributed by atoms with Crippen molar-refractivity contribution in [3.8, 4) is 5.75 Å². The summed E-state index contributed by atoms with van der Waals surface area (Å²) in [7, 11) is 0. The highest BCUT2D eigenvalue weighted by atomic mass is 35.5. The van der Waals surface area contributed by atoms with Gasteiger partial charge in [0.1, 0.15) is 17.0 Å². The van der Waals surface area contributed by atoms with Crippen LogP contribution in [0.15, 0.2) is 83.4 Å². The fraction of sp³-hybridized carbons (Fsp3) is 0.294. The first-order valence-electron chi connectivity index (χ1n) is 14.0. The minimum atomic E-state index is -0.820. The zero-order valence-corrected chi connectivity index (χ0v) is 26.7. The van der Waals surface area contributed by atoms with Gasteiger partial charge in [0.05, 0.1) is 16.3 Å². The van der Waals surface area contributed by atoms with E-state index in [0.29, 0.717) is 16.5 Å². The lowest BCUT2D eigenvalue weighted by Gasteiger charge is -2.22. The Morgan fingerprint density at radius 1 is 0.818 bits per heavy atom. The molecule has 0 aromatic heterocycles. The van der Waals surface area contributed by atoms with E-state index in [2.05, 4.69) is 27.8 Å². The molecule has 232 valence electrons. The van der Waals surface area contributed by atoms with Crippen LogP contribution in [-0.4, -0.2) is 35.3 Å². The standard InChI is InChI=1S/C34H38ClN3O6/c1-22(19-23-11-9-8-10-12-23)20-25-15-18-27(21-28(25)35)42-29(39)24-13-16-26(17-14-24)36-30(37-31(40)43-33(2,3)4)38-32(41)44-34(5,6)7/h8-18,20-21H,19H2,1-7H3,(H2,36,37,38,40,41). The fourth-order valence-corrected chi connectivity index (χ4v) is 4.00. The second-order valence-electron chi connectivity index (χ2n) is 12.0. The maximum atomic E-state index is 12.8. The van der Waals surface area contributed by atoms with Crippen LogP contribution in [0.5, 0.6) is 5.75 Å². The van der Waals surface area contributed by atoms with Crippen LogP contribution in [0.25, 0.3) is 6.08 Å². The molecule has 3 aromatic carbocycles. The third kappa shape index (κ3) is 11.9. The lowest BCUT2D eigenvalue weighted by molar-refractivity contribution is 0.0544. The van der Waals surface area contributed by atoms with Gasteiger partial charge in [-0.25, -0.2) is 19.4 Å². The van der Waals surface area contributed by atoms with E-state index in [4.69, 9.17) is 25.8 Å². The highest BCUT2D eigenvalue weighted by Gasteiger charge is 2.21. The average molecular weight is 620 g/mol. The van der Waals surface area contributed by atoms with Gasteiger partial charge < -0.3 is 14.2 Å². The van der Waals surface area contributed by atoms with Gasteiger partial charge in [-0.3, -0.25) is 10.6 Å². The van der Waals surface area contributed by atoms with Gasteiger partial charge in [-0.2, -0.15) is 0 Å². The Morgan fingerprint density at radius 3 is 1.91 bits per heavy atom. The molecule has 0 atom stereocenters. The van der Waals surface area contributed by atoms with Crippen LogP contribution in [0.3, 0.4) is 0 Å². The second kappa shape index (κ2) is 14.7. The molecule has 0 fully saturated rings. The van der Waals surface area contributed by atoms with Gasteiger partial charge in [0, 0.05) is 6.07 Å². The molecule has 44 heavy (non-hydrogen) atoms. The molecule has 0 radical (unpaired) electrons.